The zero-order valence-corrected chi connectivity index (χ0v) is 21.6. The number of nitrogens with zero attached hydrogens (tertiary/aromatic N) is 4. The summed E-state index contributed by atoms with van der Waals surface area (Å²) in [6, 6.07) is 20.3. The second-order valence-electron chi connectivity index (χ2n) is 9.74. The lowest BCUT2D eigenvalue weighted by molar-refractivity contribution is -0.126. The molecule has 0 unspecified atom stereocenters. The normalized spacial score (nSPS) is 15.0. The molecule has 1 atom stereocenters. The molecule has 0 spiro atoms. The topological polar surface area (TPSA) is 71.8 Å². The van der Waals surface area contributed by atoms with Gasteiger partial charge in [-0.3, -0.25) is 4.79 Å². The highest BCUT2D eigenvalue weighted by Gasteiger charge is 2.27. The van der Waals surface area contributed by atoms with Crippen molar-refractivity contribution >= 4 is 17.2 Å². The van der Waals surface area contributed by atoms with E-state index in [1.807, 2.05) is 48.0 Å². The fourth-order valence-electron chi connectivity index (χ4n) is 4.86. The molecule has 0 radical (unpaired) electrons. The standard InChI is InChI=1S/C30H35N5O2/c1-3-4-20-37-26-12-10-24(11-13-26)27-21-28-29(31-16-19-35(28)33-27)34-17-14-25(15-18-34)30(36)32-22(2)23-8-6-5-7-9-23/h5-13,16,19,21-22,25H,3-4,14-15,17-18,20H2,1-2H3,(H,32,36)/t22-/m0/s1. The molecule has 1 fully saturated rings. The van der Waals surface area contributed by atoms with Gasteiger partial charge in [0.25, 0.3) is 0 Å². The molecular formula is C30H35N5O2. The molecule has 1 aliphatic heterocycles. The minimum atomic E-state index is 0.00401. The zero-order chi connectivity index (χ0) is 25.6. The number of rotatable bonds is 9. The van der Waals surface area contributed by atoms with Crippen LogP contribution in [-0.2, 0) is 4.79 Å². The summed E-state index contributed by atoms with van der Waals surface area (Å²) in [7, 11) is 0. The number of fused-ring (bicyclic) bond motifs is 1. The predicted molar refractivity (Wildman–Crippen MR) is 147 cm³/mol. The quantitative estimate of drug-likeness (QED) is 0.302. The van der Waals surface area contributed by atoms with Crippen molar-refractivity contribution in [3.8, 4) is 17.0 Å². The molecule has 7 nitrogen and oxygen atoms in total. The molecule has 1 saturated heterocycles. The third-order valence-corrected chi connectivity index (χ3v) is 7.11. The van der Waals surface area contributed by atoms with Crippen LogP contribution in [0.1, 0.15) is 51.1 Å². The summed E-state index contributed by atoms with van der Waals surface area (Å²) in [5, 5.41) is 7.99. The van der Waals surface area contributed by atoms with E-state index < -0.39 is 0 Å². The first-order valence-corrected chi connectivity index (χ1v) is 13.3. The van der Waals surface area contributed by atoms with Gasteiger partial charge in [-0.2, -0.15) is 5.10 Å². The predicted octanol–water partition coefficient (Wildman–Crippen LogP) is 5.67. The van der Waals surface area contributed by atoms with Crippen LogP contribution < -0.4 is 15.0 Å². The van der Waals surface area contributed by atoms with E-state index in [9.17, 15) is 4.79 Å². The van der Waals surface area contributed by atoms with Gasteiger partial charge in [0.15, 0.2) is 5.82 Å². The third-order valence-electron chi connectivity index (χ3n) is 7.11. The van der Waals surface area contributed by atoms with Crippen LogP contribution in [0.2, 0.25) is 0 Å². The molecule has 0 bridgehead atoms. The third kappa shape index (κ3) is 5.77. The molecule has 37 heavy (non-hydrogen) atoms. The largest absolute Gasteiger partial charge is 0.494 e. The Bertz CT molecular complexity index is 1310. The van der Waals surface area contributed by atoms with E-state index in [1.165, 1.54) is 0 Å². The fraction of sp³-hybridized carbons (Fsp3) is 0.367. The van der Waals surface area contributed by atoms with Crippen LogP contribution in [0.4, 0.5) is 5.82 Å². The van der Waals surface area contributed by atoms with Gasteiger partial charge in [0.2, 0.25) is 5.91 Å². The van der Waals surface area contributed by atoms with Crippen LogP contribution in [0.25, 0.3) is 16.8 Å². The van der Waals surface area contributed by atoms with E-state index >= 15 is 0 Å². The van der Waals surface area contributed by atoms with Crippen molar-refractivity contribution in [2.45, 2.75) is 45.6 Å². The molecule has 1 amide bonds. The van der Waals surface area contributed by atoms with Crippen LogP contribution in [0, 0.1) is 5.92 Å². The Kier molecular flexibility index (Phi) is 7.68. The number of piperidine rings is 1. The fourth-order valence-corrected chi connectivity index (χ4v) is 4.86. The first-order valence-electron chi connectivity index (χ1n) is 13.3. The number of benzene rings is 2. The Labute approximate surface area is 218 Å². The molecular weight excluding hydrogens is 462 g/mol. The molecule has 3 heterocycles. The minimum absolute atomic E-state index is 0.00401. The molecule has 0 aliphatic carbocycles. The van der Waals surface area contributed by atoms with Gasteiger partial charge in [-0.1, -0.05) is 43.7 Å². The lowest BCUT2D eigenvalue weighted by Crippen LogP contribution is -2.41. The summed E-state index contributed by atoms with van der Waals surface area (Å²) in [5.74, 6) is 1.95. The van der Waals surface area contributed by atoms with Crippen LogP contribution in [-0.4, -0.2) is 40.2 Å². The average molecular weight is 498 g/mol. The first-order chi connectivity index (χ1) is 18.1. The lowest BCUT2D eigenvalue weighted by atomic mass is 9.95. The number of nitrogens with one attached hydrogen (secondary N) is 1. The molecule has 1 aliphatic rings. The number of anilines is 1. The van der Waals surface area contributed by atoms with E-state index in [2.05, 4.69) is 47.5 Å². The van der Waals surface area contributed by atoms with Gasteiger partial charge in [-0.15, -0.1) is 0 Å². The molecule has 7 heteroatoms. The number of carbonyl (C=O) groups is 1. The number of ether oxygens (including phenoxy) is 1. The minimum Gasteiger partial charge on any atom is -0.494 e. The first kappa shape index (κ1) is 24.8. The number of aromatic nitrogens is 3. The Morgan fingerprint density at radius 3 is 2.59 bits per heavy atom. The highest BCUT2D eigenvalue weighted by Crippen LogP contribution is 2.29. The maximum absolute atomic E-state index is 12.9. The van der Waals surface area contributed by atoms with Crippen LogP contribution in [0.15, 0.2) is 73.1 Å². The van der Waals surface area contributed by atoms with Crippen molar-refractivity contribution in [2.24, 2.45) is 5.92 Å². The van der Waals surface area contributed by atoms with Crippen molar-refractivity contribution in [1.82, 2.24) is 19.9 Å². The van der Waals surface area contributed by atoms with Crippen LogP contribution in [0.5, 0.6) is 5.75 Å². The van der Waals surface area contributed by atoms with E-state index in [4.69, 9.17) is 14.8 Å². The van der Waals surface area contributed by atoms with E-state index in [1.54, 1.807) is 6.20 Å². The highest BCUT2D eigenvalue weighted by atomic mass is 16.5. The molecule has 0 saturated carbocycles. The SMILES string of the molecule is CCCCOc1ccc(-c2cc3c(N4CCC(C(=O)N[C@@H](C)c5ccccc5)CC4)nccn3n2)cc1. The Morgan fingerprint density at radius 1 is 1.11 bits per heavy atom. The molecule has 2 aromatic carbocycles. The van der Waals surface area contributed by atoms with Crippen molar-refractivity contribution < 1.29 is 9.53 Å². The van der Waals surface area contributed by atoms with E-state index in [-0.39, 0.29) is 17.9 Å². The number of carbonyl (C=O) groups excluding carboxylic acids is 1. The number of hydrogen-bond donors (Lipinski definition) is 1. The maximum atomic E-state index is 12.9. The maximum Gasteiger partial charge on any atom is 0.223 e. The van der Waals surface area contributed by atoms with Crippen molar-refractivity contribution in [1.29, 1.82) is 0 Å². The second kappa shape index (κ2) is 11.5. The molecule has 4 aromatic rings. The van der Waals surface area contributed by atoms with Gasteiger partial charge < -0.3 is 15.0 Å². The summed E-state index contributed by atoms with van der Waals surface area (Å²) < 4.78 is 7.69. The summed E-state index contributed by atoms with van der Waals surface area (Å²) >= 11 is 0. The van der Waals surface area contributed by atoms with Crippen molar-refractivity contribution in [3.63, 3.8) is 0 Å². The molecule has 1 N–H and O–H groups in total. The molecule has 192 valence electrons. The second-order valence-corrected chi connectivity index (χ2v) is 9.74. The molecule has 2 aromatic heterocycles. The number of unbranched alkanes of at least 4 members (excludes halogenated alkanes) is 1. The Balaban J connectivity index is 1.23. The summed E-state index contributed by atoms with van der Waals surface area (Å²) in [4.78, 5) is 19.9. The lowest BCUT2D eigenvalue weighted by Gasteiger charge is -2.32. The Morgan fingerprint density at radius 2 is 1.86 bits per heavy atom. The smallest absolute Gasteiger partial charge is 0.223 e. The summed E-state index contributed by atoms with van der Waals surface area (Å²) in [6.45, 7) is 6.51. The van der Waals surface area contributed by atoms with Crippen molar-refractivity contribution in [2.75, 3.05) is 24.6 Å². The number of hydrogen-bond acceptors (Lipinski definition) is 5. The highest BCUT2D eigenvalue weighted by molar-refractivity contribution is 5.80. The van der Waals surface area contributed by atoms with E-state index in [0.717, 1.165) is 79.3 Å². The summed E-state index contributed by atoms with van der Waals surface area (Å²) in [5.41, 5.74) is 4.04. The monoisotopic (exact) mass is 497 g/mol. The van der Waals surface area contributed by atoms with Crippen LogP contribution in [0.3, 0.4) is 0 Å². The van der Waals surface area contributed by atoms with Gasteiger partial charge in [0.1, 0.15) is 11.3 Å². The van der Waals surface area contributed by atoms with Gasteiger partial charge >= 0.3 is 0 Å². The van der Waals surface area contributed by atoms with Crippen molar-refractivity contribution in [3.05, 3.63) is 78.6 Å². The molecule has 5 rings (SSSR count). The van der Waals surface area contributed by atoms with Gasteiger partial charge in [0, 0.05) is 37.0 Å². The Hall–Kier alpha value is -3.87. The van der Waals surface area contributed by atoms with E-state index in [0.29, 0.717) is 0 Å². The average Bonchev–Trinajstić information content (AvgIpc) is 3.39. The summed E-state index contributed by atoms with van der Waals surface area (Å²) in [6.07, 6.45) is 7.46. The number of amides is 1. The van der Waals surface area contributed by atoms with Gasteiger partial charge in [-0.05, 0) is 62.1 Å². The van der Waals surface area contributed by atoms with Crippen LogP contribution >= 0.6 is 0 Å². The zero-order valence-electron chi connectivity index (χ0n) is 21.6. The van der Waals surface area contributed by atoms with Gasteiger partial charge in [0.05, 0.1) is 18.3 Å². The van der Waals surface area contributed by atoms with Gasteiger partial charge in [-0.25, -0.2) is 9.50 Å².